The summed E-state index contributed by atoms with van der Waals surface area (Å²) >= 11 is 0. The second-order valence-electron chi connectivity index (χ2n) is 7.00. The van der Waals surface area contributed by atoms with Crippen molar-refractivity contribution in [1.29, 1.82) is 0 Å². The van der Waals surface area contributed by atoms with E-state index in [1.807, 2.05) is 25.1 Å². The normalized spacial score (nSPS) is 10.9. The highest BCUT2D eigenvalue weighted by Crippen LogP contribution is 2.36. The van der Waals surface area contributed by atoms with E-state index in [9.17, 15) is 14.0 Å². The maximum absolute atomic E-state index is 13.4. The van der Waals surface area contributed by atoms with Gasteiger partial charge in [0, 0.05) is 23.6 Å². The van der Waals surface area contributed by atoms with Gasteiger partial charge in [0.15, 0.2) is 0 Å². The molecule has 0 fully saturated rings. The number of carbonyl (C=O) groups excluding carboxylic acids is 2. The van der Waals surface area contributed by atoms with Crippen molar-refractivity contribution in [2.24, 2.45) is 5.73 Å². The monoisotopic (exact) mass is 402 g/mol. The molecule has 0 spiro atoms. The number of carbonyl (C=O) groups is 2. The average molecular weight is 402 g/mol. The molecule has 6 heteroatoms. The molecule has 0 saturated carbocycles. The van der Waals surface area contributed by atoms with E-state index in [1.54, 1.807) is 37.4 Å². The lowest BCUT2D eigenvalue weighted by atomic mass is 9.95. The largest absolute Gasteiger partial charge is 0.455 e. The highest BCUT2D eigenvalue weighted by Gasteiger charge is 2.22. The van der Waals surface area contributed by atoms with Gasteiger partial charge in [-0.1, -0.05) is 12.1 Å². The van der Waals surface area contributed by atoms with Crippen molar-refractivity contribution in [3.05, 3.63) is 83.2 Å². The first kappa shape index (κ1) is 19.4. The summed E-state index contributed by atoms with van der Waals surface area (Å²) in [5.74, 6) is -0.828. The number of hydrogen-bond acceptors (Lipinski definition) is 3. The molecule has 1 heterocycles. The van der Waals surface area contributed by atoms with E-state index in [1.165, 1.54) is 12.1 Å². The molecule has 2 amide bonds. The van der Waals surface area contributed by atoms with Crippen LogP contribution in [0.5, 0.6) is 0 Å². The molecule has 5 nitrogen and oxygen atoms in total. The summed E-state index contributed by atoms with van der Waals surface area (Å²) in [5.41, 5.74) is 9.94. The molecule has 0 unspecified atom stereocenters. The third-order valence-electron chi connectivity index (χ3n) is 5.08. The van der Waals surface area contributed by atoms with Gasteiger partial charge in [0.2, 0.25) is 5.91 Å². The second-order valence-corrected chi connectivity index (χ2v) is 7.00. The fraction of sp³-hybridized carbons (Fsp3) is 0.0833. The molecule has 0 bridgehead atoms. The summed E-state index contributed by atoms with van der Waals surface area (Å²) in [6.45, 7) is 1.93. The Morgan fingerprint density at radius 2 is 1.67 bits per heavy atom. The number of furan rings is 1. The number of hydrogen-bond donors (Lipinski definition) is 2. The first-order chi connectivity index (χ1) is 14.4. The number of aryl methyl sites for hydroxylation is 1. The van der Waals surface area contributed by atoms with Crippen LogP contribution >= 0.6 is 0 Å². The van der Waals surface area contributed by atoms with Crippen LogP contribution in [0, 0.1) is 12.7 Å². The van der Waals surface area contributed by atoms with Gasteiger partial charge in [-0.05, 0) is 72.1 Å². The zero-order valence-corrected chi connectivity index (χ0v) is 16.5. The van der Waals surface area contributed by atoms with Crippen LogP contribution in [0.15, 0.2) is 65.1 Å². The smallest absolute Gasteiger partial charge is 0.255 e. The lowest BCUT2D eigenvalue weighted by Gasteiger charge is -2.08. The van der Waals surface area contributed by atoms with Gasteiger partial charge >= 0.3 is 0 Å². The van der Waals surface area contributed by atoms with Crippen molar-refractivity contribution in [2.75, 3.05) is 7.05 Å². The van der Waals surface area contributed by atoms with Crippen molar-refractivity contribution >= 4 is 22.8 Å². The van der Waals surface area contributed by atoms with E-state index in [0.29, 0.717) is 33.4 Å². The fourth-order valence-electron chi connectivity index (χ4n) is 3.51. The van der Waals surface area contributed by atoms with E-state index in [-0.39, 0.29) is 11.7 Å². The summed E-state index contributed by atoms with van der Waals surface area (Å²) in [6.07, 6.45) is 0. The minimum Gasteiger partial charge on any atom is -0.455 e. The Balaban J connectivity index is 1.95. The summed E-state index contributed by atoms with van der Waals surface area (Å²) in [5, 5.41) is 3.26. The third-order valence-corrected chi connectivity index (χ3v) is 5.08. The van der Waals surface area contributed by atoms with Crippen LogP contribution in [0.3, 0.4) is 0 Å². The fourth-order valence-corrected chi connectivity index (χ4v) is 3.51. The summed E-state index contributed by atoms with van der Waals surface area (Å²) in [6, 6.07) is 16.5. The van der Waals surface area contributed by atoms with Crippen LogP contribution in [0.25, 0.3) is 33.4 Å². The van der Waals surface area contributed by atoms with Crippen molar-refractivity contribution < 1.29 is 18.4 Å². The Kier molecular flexibility index (Phi) is 4.83. The first-order valence-corrected chi connectivity index (χ1v) is 9.34. The zero-order chi connectivity index (χ0) is 21.4. The van der Waals surface area contributed by atoms with Crippen LogP contribution in [0.2, 0.25) is 0 Å². The minimum atomic E-state index is -0.509. The highest BCUT2D eigenvalue weighted by molar-refractivity contribution is 6.12. The molecule has 0 aliphatic rings. The van der Waals surface area contributed by atoms with Crippen LogP contribution in [0.1, 0.15) is 26.3 Å². The van der Waals surface area contributed by atoms with Crippen LogP contribution in [-0.4, -0.2) is 18.9 Å². The van der Waals surface area contributed by atoms with E-state index in [0.717, 1.165) is 16.7 Å². The van der Waals surface area contributed by atoms with E-state index < -0.39 is 5.91 Å². The van der Waals surface area contributed by atoms with E-state index in [2.05, 4.69) is 5.32 Å². The summed E-state index contributed by atoms with van der Waals surface area (Å²) in [4.78, 5) is 24.3. The third kappa shape index (κ3) is 3.33. The maximum Gasteiger partial charge on any atom is 0.255 e. The van der Waals surface area contributed by atoms with E-state index in [4.69, 9.17) is 10.2 Å². The Hall–Kier alpha value is -3.93. The Bertz CT molecular complexity index is 1290. The topological polar surface area (TPSA) is 85.3 Å². The van der Waals surface area contributed by atoms with Gasteiger partial charge < -0.3 is 15.5 Å². The molecule has 4 rings (SSSR count). The van der Waals surface area contributed by atoms with Crippen molar-refractivity contribution in [2.45, 2.75) is 6.92 Å². The van der Waals surface area contributed by atoms with E-state index >= 15 is 0 Å². The minimum absolute atomic E-state index is 0.312. The first-order valence-electron chi connectivity index (χ1n) is 9.34. The van der Waals surface area contributed by atoms with Gasteiger partial charge in [0.1, 0.15) is 17.2 Å². The standard InChI is InChI=1S/C24H19FN2O3/c1-13-3-4-16(23(26)28)12-18(13)15-7-10-20-19(11-15)21(24(29)27-2)22(30-20)14-5-8-17(25)9-6-14/h3-12H,1-2H3,(H2,26,28)(H,27,29). The molecule has 0 aliphatic heterocycles. The molecule has 30 heavy (non-hydrogen) atoms. The number of primary amides is 1. The Morgan fingerprint density at radius 3 is 2.33 bits per heavy atom. The molecule has 0 atom stereocenters. The van der Waals surface area contributed by atoms with Crippen LogP contribution < -0.4 is 11.1 Å². The van der Waals surface area contributed by atoms with Gasteiger partial charge in [0.05, 0.1) is 5.56 Å². The van der Waals surface area contributed by atoms with Gasteiger partial charge in [-0.2, -0.15) is 0 Å². The molecule has 150 valence electrons. The van der Waals surface area contributed by atoms with Gasteiger partial charge in [-0.3, -0.25) is 9.59 Å². The number of nitrogens with two attached hydrogens (primary N) is 1. The number of nitrogens with one attached hydrogen (secondary N) is 1. The number of rotatable bonds is 4. The predicted octanol–water partition coefficient (Wildman–Crippen LogP) is 4.67. The Labute approximate surface area is 172 Å². The maximum atomic E-state index is 13.4. The number of fused-ring (bicyclic) bond motifs is 1. The molecule has 1 aromatic heterocycles. The molecule has 3 N–H and O–H groups in total. The molecule has 3 aromatic carbocycles. The predicted molar refractivity (Wildman–Crippen MR) is 114 cm³/mol. The lowest BCUT2D eigenvalue weighted by molar-refractivity contribution is 0.0963. The molecule has 0 aliphatic carbocycles. The SMILES string of the molecule is CNC(=O)c1c(-c2ccc(F)cc2)oc2ccc(-c3cc(C(N)=O)ccc3C)cc12. The van der Waals surface area contributed by atoms with Gasteiger partial charge in [-0.25, -0.2) is 4.39 Å². The zero-order valence-electron chi connectivity index (χ0n) is 16.5. The number of benzene rings is 3. The van der Waals surface area contributed by atoms with Crippen molar-refractivity contribution in [3.8, 4) is 22.5 Å². The van der Waals surface area contributed by atoms with Crippen molar-refractivity contribution in [1.82, 2.24) is 5.32 Å². The number of halogens is 1. The Morgan fingerprint density at radius 1 is 0.967 bits per heavy atom. The quantitative estimate of drug-likeness (QED) is 0.520. The molecule has 4 aromatic rings. The van der Waals surface area contributed by atoms with Gasteiger partial charge in [0.25, 0.3) is 5.91 Å². The molecular formula is C24H19FN2O3. The molecular weight excluding hydrogens is 383 g/mol. The van der Waals surface area contributed by atoms with Crippen molar-refractivity contribution in [3.63, 3.8) is 0 Å². The lowest BCUT2D eigenvalue weighted by Crippen LogP contribution is -2.18. The van der Waals surface area contributed by atoms with Crippen LogP contribution in [0.4, 0.5) is 4.39 Å². The summed E-state index contributed by atoms with van der Waals surface area (Å²) < 4.78 is 19.3. The van der Waals surface area contributed by atoms with Crippen LogP contribution in [-0.2, 0) is 0 Å². The molecule has 0 saturated heterocycles. The van der Waals surface area contributed by atoms with Gasteiger partial charge in [-0.15, -0.1) is 0 Å². The molecule has 0 radical (unpaired) electrons. The summed E-state index contributed by atoms with van der Waals surface area (Å²) in [7, 11) is 1.54. The number of amides is 2. The average Bonchev–Trinajstić information content (AvgIpc) is 3.12. The second kappa shape index (κ2) is 7.48. The highest BCUT2D eigenvalue weighted by atomic mass is 19.1.